The van der Waals surface area contributed by atoms with Gasteiger partial charge in [0.1, 0.15) is 0 Å². The van der Waals surface area contributed by atoms with Gasteiger partial charge in [-0.1, -0.05) is 13.3 Å². The van der Waals surface area contributed by atoms with E-state index in [-0.39, 0.29) is 5.60 Å². The predicted molar refractivity (Wildman–Crippen MR) is 48.2 cm³/mol. The molecule has 0 amide bonds. The topological polar surface area (TPSA) is 9.23 Å². The summed E-state index contributed by atoms with van der Waals surface area (Å²) >= 11 is 5.89. The molecule has 0 bridgehead atoms. The maximum Gasteiger partial charge on any atom is 0.0817 e. The highest BCUT2D eigenvalue weighted by Gasteiger charge is 2.30. The van der Waals surface area contributed by atoms with Crippen LogP contribution in [-0.2, 0) is 4.74 Å². The minimum Gasteiger partial charge on any atom is -0.374 e. The van der Waals surface area contributed by atoms with Crippen LogP contribution < -0.4 is 0 Å². The van der Waals surface area contributed by atoms with Gasteiger partial charge in [0.15, 0.2) is 0 Å². The quantitative estimate of drug-likeness (QED) is 0.601. The third-order valence-corrected chi connectivity index (χ3v) is 2.87. The maximum atomic E-state index is 5.89. The highest BCUT2D eigenvalue weighted by Crippen LogP contribution is 2.30. The van der Waals surface area contributed by atoms with Crippen molar-refractivity contribution in [2.24, 2.45) is 0 Å². The number of rotatable bonds is 3. The third kappa shape index (κ3) is 2.34. The van der Waals surface area contributed by atoms with Crippen LogP contribution in [0.15, 0.2) is 0 Å². The second-order valence-corrected chi connectivity index (χ2v) is 3.64. The first kappa shape index (κ1) is 9.34. The summed E-state index contributed by atoms with van der Waals surface area (Å²) in [6.45, 7) is 3.10. The zero-order valence-corrected chi connectivity index (χ0v) is 7.99. The second-order valence-electron chi connectivity index (χ2n) is 3.37. The first-order valence-electron chi connectivity index (χ1n) is 4.53. The molecule has 1 fully saturated rings. The van der Waals surface area contributed by atoms with E-state index in [1.54, 1.807) is 0 Å². The van der Waals surface area contributed by atoms with Crippen molar-refractivity contribution < 1.29 is 4.74 Å². The number of ether oxygens (including phenoxy) is 1. The van der Waals surface area contributed by atoms with Crippen LogP contribution in [0.2, 0.25) is 0 Å². The van der Waals surface area contributed by atoms with Gasteiger partial charge in [-0.15, -0.1) is 11.6 Å². The number of hydrogen-bond donors (Lipinski definition) is 0. The van der Waals surface area contributed by atoms with Gasteiger partial charge in [-0.05, 0) is 25.7 Å². The molecule has 11 heavy (non-hydrogen) atoms. The van der Waals surface area contributed by atoms with Crippen molar-refractivity contribution in [2.75, 3.05) is 12.5 Å². The van der Waals surface area contributed by atoms with E-state index in [0.29, 0.717) is 5.88 Å². The zero-order valence-electron chi connectivity index (χ0n) is 7.24. The summed E-state index contributed by atoms with van der Waals surface area (Å²) < 4.78 is 5.72. The Hall–Kier alpha value is 0.250. The lowest BCUT2D eigenvalue weighted by Gasteiger charge is -2.35. The largest absolute Gasteiger partial charge is 0.374 e. The van der Waals surface area contributed by atoms with Crippen molar-refractivity contribution in [3.8, 4) is 0 Å². The maximum absolute atomic E-state index is 5.89. The van der Waals surface area contributed by atoms with Crippen molar-refractivity contribution in [3.05, 3.63) is 0 Å². The van der Waals surface area contributed by atoms with Gasteiger partial charge >= 0.3 is 0 Å². The molecule has 2 heteroatoms. The van der Waals surface area contributed by atoms with Crippen LogP contribution in [0.3, 0.4) is 0 Å². The Kier molecular flexibility index (Phi) is 3.67. The van der Waals surface area contributed by atoms with Crippen LogP contribution in [0, 0.1) is 0 Å². The molecule has 1 unspecified atom stereocenters. The van der Waals surface area contributed by atoms with Crippen LogP contribution in [0.4, 0.5) is 0 Å². The Morgan fingerprint density at radius 1 is 1.45 bits per heavy atom. The van der Waals surface area contributed by atoms with Gasteiger partial charge in [0.25, 0.3) is 0 Å². The van der Waals surface area contributed by atoms with Crippen molar-refractivity contribution in [1.82, 2.24) is 0 Å². The highest BCUT2D eigenvalue weighted by atomic mass is 35.5. The monoisotopic (exact) mass is 176 g/mol. The van der Waals surface area contributed by atoms with Crippen molar-refractivity contribution >= 4 is 11.6 Å². The molecule has 0 N–H and O–H groups in total. The Morgan fingerprint density at radius 2 is 2.27 bits per heavy atom. The molecule has 0 aromatic rings. The molecular weight excluding hydrogens is 160 g/mol. The fraction of sp³-hybridized carbons (Fsp3) is 1.00. The molecule has 0 radical (unpaired) electrons. The number of halogens is 1. The van der Waals surface area contributed by atoms with E-state index in [0.717, 1.165) is 19.4 Å². The average Bonchev–Trinajstić information content (AvgIpc) is 2.07. The molecule has 1 aliphatic rings. The van der Waals surface area contributed by atoms with Crippen molar-refractivity contribution in [1.29, 1.82) is 0 Å². The summed E-state index contributed by atoms with van der Waals surface area (Å²) in [5, 5.41) is 0. The van der Waals surface area contributed by atoms with Crippen molar-refractivity contribution in [3.63, 3.8) is 0 Å². The molecule has 1 rings (SSSR count). The summed E-state index contributed by atoms with van der Waals surface area (Å²) in [6.07, 6.45) is 5.95. The van der Waals surface area contributed by atoms with E-state index in [9.17, 15) is 0 Å². The van der Waals surface area contributed by atoms with Crippen LogP contribution in [0.1, 0.15) is 39.0 Å². The molecule has 0 saturated carbocycles. The molecular formula is C9H17ClO. The second kappa shape index (κ2) is 4.32. The van der Waals surface area contributed by atoms with E-state index in [2.05, 4.69) is 6.92 Å². The summed E-state index contributed by atoms with van der Waals surface area (Å²) in [5.74, 6) is 0.668. The molecule has 1 nitrogen and oxygen atoms in total. The van der Waals surface area contributed by atoms with Gasteiger partial charge in [-0.2, -0.15) is 0 Å². The van der Waals surface area contributed by atoms with Crippen molar-refractivity contribution in [2.45, 2.75) is 44.6 Å². The lowest BCUT2D eigenvalue weighted by molar-refractivity contribution is -0.0676. The number of hydrogen-bond acceptors (Lipinski definition) is 1. The van der Waals surface area contributed by atoms with Gasteiger partial charge in [-0.25, -0.2) is 0 Å². The molecule has 1 aliphatic heterocycles. The summed E-state index contributed by atoms with van der Waals surface area (Å²) in [5.41, 5.74) is 0.0363. The zero-order chi connectivity index (χ0) is 8.16. The van der Waals surface area contributed by atoms with E-state index in [4.69, 9.17) is 16.3 Å². The van der Waals surface area contributed by atoms with Gasteiger partial charge in [0.05, 0.1) is 11.5 Å². The summed E-state index contributed by atoms with van der Waals surface area (Å²) in [4.78, 5) is 0. The number of alkyl halides is 1. The van der Waals surface area contributed by atoms with Gasteiger partial charge in [0.2, 0.25) is 0 Å². The first-order valence-corrected chi connectivity index (χ1v) is 5.06. The molecule has 0 spiro atoms. The average molecular weight is 177 g/mol. The molecule has 1 saturated heterocycles. The summed E-state index contributed by atoms with van der Waals surface area (Å²) in [7, 11) is 0. The molecule has 0 aliphatic carbocycles. The van der Waals surface area contributed by atoms with Crippen LogP contribution in [0.5, 0.6) is 0 Å². The predicted octanol–water partition coefficient (Wildman–Crippen LogP) is 2.96. The standard InChI is InChI=1S/C9H17ClO/c1-2-5-9(8-10)6-3-4-7-11-9/h2-8H2,1H3. The molecule has 0 aromatic heterocycles. The van der Waals surface area contributed by atoms with Gasteiger partial charge < -0.3 is 4.74 Å². The molecule has 0 aromatic carbocycles. The Labute approximate surface area is 74.1 Å². The van der Waals surface area contributed by atoms with Gasteiger partial charge in [-0.3, -0.25) is 0 Å². The highest BCUT2D eigenvalue weighted by molar-refractivity contribution is 6.18. The van der Waals surface area contributed by atoms with E-state index in [1.165, 1.54) is 19.3 Å². The van der Waals surface area contributed by atoms with E-state index in [1.807, 2.05) is 0 Å². The van der Waals surface area contributed by atoms with Crippen LogP contribution in [-0.4, -0.2) is 18.1 Å². The summed E-state index contributed by atoms with van der Waals surface area (Å²) in [6, 6.07) is 0. The normalized spacial score (nSPS) is 32.2. The Balaban J connectivity index is 2.42. The molecule has 1 atom stereocenters. The SMILES string of the molecule is CCCC1(CCl)CCCCO1. The fourth-order valence-corrected chi connectivity index (χ4v) is 2.08. The Morgan fingerprint density at radius 3 is 2.73 bits per heavy atom. The van der Waals surface area contributed by atoms with E-state index >= 15 is 0 Å². The molecule has 66 valence electrons. The van der Waals surface area contributed by atoms with Crippen LogP contribution >= 0.6 is 11.6 Å². The van der Waals surface area contributed by atoms with E-state index < -0.39 is 0 Å². The smallest absolute Gasteiger partial charge is 0.0817 e. The minimum absolute atomic E-state index is 0.0363. The van der Waals surface area contributed by atoms with Crippen LogP contribution in [0.25, 0.3) is 0 Å². The Bertz CT molecular complexity index is 103. The van der Waals surface area contributed by atoms with Gasteiger partial charge in [0, 0.05) is 6.61 Å². The lowest BCUT2D eigenvalue weighted by Crippen LogP contribution is -2.37. The first-order chi connectivity index (χ1) is 5.33. The fourth-order valence-electron chi connectivity index (χ4n) is 1.74. The minimum atomic E-state index is 0.0363. The molecule has 1 heterocycles. The lowest BCUT2D eigenvalue weighted by atomic mass is 9.91. The third-order valence-electron chi connectivity index (χ3n) is 2.38.